The molecule has 0 saturated carbocycles. The third-order valence-corrected chi connectivity index (χ3v) is 2.42. The van der Waals surface area contributed by atoms with E-state index in [0.717, 1.165) is 6.08 Å². The van der Waals surface area contributed by atoms with Crippen molar-refractivity contribution in [2.45, 2.75) is 0 Å². The van der Waals surface area contributed by atoms with Crippen LogP contribution in [0.15, 0.2) is 30.0 Å². The fraction of sp³-hybridized carbons (Fsp3) is 0.100. The summed E-state index contributed by atoms with van der Waals surface area (Å²) in [5, 5.41) is 8.75. The molecule has 1 rings (SSSR count). The van der Waals surface area contributed by atoms with Crippen LogP contribution >= 0.6 is 27.5 Å². The summed E-state index contributed by atoms with van der Waals surface area (Å²) in [7, 11) is 0. The predicted molar refractivity (Wildman–Crippen MR) is 61.6 cm³/mol. The second-order valence-corrected chi connectivity index (χ2v) is 3.70. The van der Waals surface area contributed by atoms with Gasteiger partial charge in [0.1, 0.15) is 5.76 Å². The maximum absolute atomic E-state index is 13.3. The van der Waals surface area contributed by atoms with Crippen molar-refractivity contribution in [1.82, 2.24) is 0 Å². The number of hydrogen-bond donors (Lipinski definition) is 1. The van der Waals surface area contributed by atoms with Gasteiger partial charge in [0, 0.05) is 0 Å². The number of benzene rings is 1. The lowest BCUT2D eigenvalue weighted by molar-refractivity contribution is -0.131. The predicted octanol–water partition coefficient (Wildman–Crippen LogP) is 3.22. The first-order chi connectivity index (χ1) is 7.54. The Morgan fingerprint density at radius 3 is 2.81 bits per heavy atom. The van der Waals surface area contributed by atoms with Crippen molar-refractivity contribution in [3.63, 3.8) is 0 Å². The van der Waals surface area contributed by atoms with Gasteiger partial charge in [0.2, 0.25) is 0 Å². The van der Waals surface area contributed by atoms with Crippen molar-refractivity contribution in [3.8, 4) is 5.75 Å². The van der Waals surface area contributed by atoms with Crippen LogP contribution in [-0.4, -0.2) is 16.4 Å². The zero-order valence-electron chi connectivity index (χ0n) is 7.91. The van der Waals surface area contributed by atoms with Gasteiger partial charge in [0.15, 0.2) is 11.6 Å². The van der Waals surface area contributed by atoms with Crippen LogP contribution < -0.4 is 4.74 Å². The Labute approximate surface area is 105 Å². The monoisotopic (exact) mass is 308 g/mol. The van der Waals surface area contributed by atoms with Crippen LogP contribution in [-0.2, 0) is 4.79 Å². The highest BCUT2D eigenvalue weighted by molar-refractivity contribution is 9.09. The minimum absolute atomic E-state index is 0.0551. The highest BCUT2D eigenvalue weighted by Crippen LogP contribution is 2.29. The largest absolute Gasteiger partial charge is 0.478 e. The SMILES string of the molecule is O=C(O)/C=C(\CBr)Oc1c(F)cccc1Cl. The number of para-hydroxylation sites is 1. The van der Waals surface area contributed by atoms with E-state index in [4.69, 9.17) is 21.4 Å². The van der Waals surface area contributed by atoms with E-state index in [-0.39, 0.29) is 21.9 Å². The molecule has 0 atom stereocenters. The van der Waals surface area contributed by atoms with E-state index in [1.54, 1.807) is 0 Å². The van der Waals surface area contributed by atoms with Gasteiger partial charge in [-0.1, -0.05) is 33.6 Å². The van der Waals surface area contributed by atoms with Crippen LogP contribution in [0.25, 0.3) is 0 Å². The van der Waals surface area contributed by atoms with Crippen molar-refractivity contribution in [2.24, 2.45) is 0 Å². The molecule has 0 aliphatic rings. The smallest absolute Gasteiger partial charge is 0.331 e. The van der Waals surface area contributed by atoms with E-state index in [1.807, 2.05) is 0 Å². The number of ether oxygens (including phenoxy) is 1. The van der Waals surface area contributed by atoms with Crippen molar-refractivity contribution in [3.05, 3.63) is 40.9 Å². The molecular formula is C10H7BrClFO3. The van der Waals surface area contributed by atoms with Crippen molar-refractivity contribution < 1.29 is 19.0 Å². The topological polar surface area (TPSA) is 46.5 Å². The summed E-state index contributed by atoms with van der Waals surface area (Å²) in [5.74, 6) is -1.96. The molecule has 16 heavy (non-hydrogen) atoms. The standard InChI is InChI=1S/C10H7BrClFO3/c11-5-6(4-9(14)15)16-10-7(12)2-1-3-8(10)13/h1-4H,5H2,(H,14,15)/b6-4+. The van der Waals surface area contributed by atoms with Gasteiger partial charge < -0.3 is 9.84 Å². The van der Waals surface area contributed by atoms with E-state index >= 15 is 0 Å². The first-order valence-corrected chi connectivity index (χ1v) is 5.66. The first kappa shape index (κ1) is 13.0. The molecule has 1 N–H and O–H groups in total. The highest BCUT2D eigenvalue weighted by Gasteiger charge is 2.11. The van der Waals surface area contributed by atoms with Crippen LogP contribution in [0.4, 0.5) is 4.39 Å². The zero-order chi connectivity index (χ0) is 12.1. The number of halogens is 3. The van der Waals surface area contributed by atoms with Crippen LogP contribution in [0.1, 0.15) is 0 Å². The van der Waals surface area contributed by atoms with Gasteiger partial charge in [0.05, 0.1) is 16.4 Å². The van der Waals surface area contributed by atoms with Crippen molar-refractivity contribution in [1.29, 1.82) is 0 Å². The van der Waals surface area contributed by atoms with E-state index in [9.17, 15) is 9.18 Å². The molecule has 1 aromatic carbocycles. The fourth-order valence-electron chi connectivity index (χ4n) is 0.944. The summed E-state index contributed by atoms with van der Waals surface area (Å²) < 4.78 is 18.3. The van der Waals surface area contributed by atoms with Gasteiger partial charge in [-0.2, -0.15) is 0 Å². The highest BCUT2D eigenvalue weighted by atomic mass is 79.9. The molecule has 0 aliphatic heterocycles. The molecule has 0 unspecified atom stereocenters. The molecular weight excluding hydrogens is 302 g/mol. The number of rotatable bonds is 4. The Hall–Kier alpha value is -1.07. The molecule has 0 bridgehead atoms. The first-order valence-electron chi connectivity index (χ1n) is 4.16. The maximum Gasteiger partial charge on any atom is 0.331 e. The summed E-state index contributed by atoms with van der Waals surface area (Å²) in [6.45, 7) is 0. The van der Waals surface area contributed by atoms with E-state index in [2.05, 4.69) is 15.9 Å². The molecule has 0 aliphatic carbocycles. The van der Waals surface area contributed by atoms with Gasteiger partial charge in [-0.25, -0.2) is 9.18 Å². The molecule has 0 spiro atoms. The molecule has 0 radical (unpaired) electrons. The maximum atomic E-state index is 13.3. The number of alkyl halides is 1. The molecule has 6 heteroatoms. The lowest BCUT2D eigenvalue weighted by Crippen LogP contribution is -2.02. The molecule has 0 fully saturated rings. The quantitative estimate of drug-likeness (QED) is 0.528. The van der Waals surface area contributed by atoms with E-state index in [1.165, 1.54) is 18.2 Å². The van der Waals surface area contributed by atoms with Gasteiger partial charge in [-0.3, -0.25) is 0 Å². The fourth-order valence-corrected chi connectivity index (χ4v) is 1.42. The Kier molecular flexibility index (Phi) is 4.76. The summed E-state index contributed by atoms with van der Waals surface area (Å²) in [4.78, 5) is 10.4. The molecule has 3 nitrogen and oxygen atoms in total. The second-order valence-electron chi connectivity index (χ2n) is 2.74. The van der Waals surface area contributed by atoms with Crippen LogP contribution in [0.2, 0.25) is 5.02 Å². The van der Waals surface area contributed by atoms with Crippen LogP contribution in [0, 0.1) is 5.82 Å². The van der Waals surface area contributed by atoms with Crippen molar-refractivity contribution >= 4 is 33.5 Å². The van der Waals surface area contributed by atoms with Crippen molar-refractivity contribution in [2.75, 3.05) is 5.33 Å². The van der Waals surface area contributed by atoms with E-state index < -0.39 is 11.8 Å². The minimum atomic E-state index is -1.18. The average molecular weight is 310 g/mol. The number of allylic oxidation sites excluding steroid dienone is 1. The number of carbonyl (C=O) groups is 1. The Balaban J connectivity index is 2.99. The molecule has 0 heterocycles. The molecule has 86 valence electrons. The van der Waals surface area contributed by atoms with E-state index in [0.29, 0.717) is 0 Å². The number of carboxylic acids is 1. The average Bonchev–Trinajstić information content (AvgIpc) is 2.21. The third kappa shape index (κ3) is 3.50. The Morgan fingerprint density at radius 1 is 1.62 bits per heavy atom. The number of carboxylic acid groups (broad SMARTS) is 1. The number of aliphatic carboxylic acids is 1. The molecule has 0 amide bonds. The van der Waals surface area contributed by atoms with Gasteiger partial charge in [-0.15, -0.1) is 0 Å². The molecule has 0 saturated heterocycles. The zero-order valence-corrected chi connectivity index (χ0v) is 10.3. The summed E-state index contributed by atoms with van der Waals surface area (Å²) in [5.41, 5.74) is 0. The molecule has 1 aromatic rings. The lowest BCUT2D eigenvalue weighted by atomic mass is 10.3. The molecule has 0 aromatic heterocycles. The van der Waals surface area contributed by atoms with Gasteiger partial charge in [-0.05, 0) is 12.1 Å². The second kappa shape index (κ2) is 5.86. The van der Waals surface area contributed by atoms with Crippen LogP contribution in [0.5, 0.6) is 5.75 Å². The third-order valence-electron chi connectivity index (χ3n) is 1.57. The van der Waals surface area contributed by atoms with Gasteiger partial charge in [0.25, 0.3) is 0 Å². The summed E-state index contributed by atoms with van der Waals surface area (Å²) in [6, 6.07) is 4.06. The summed E-state index contributed by atoms with van der Waals surface area (Å²) in [6.07, 6.45) is 0.831. The summed E-state index contributed by atoms with van der Waals surface area (Å²) >= 11 is 8.74. The number of hydrogen-bond acceptors (Lipinski definition) is 2. The minimum Gasteiger partial charge on any atom is -0.478 e. The van der Waals surface area contributed by atoms with Crippen LogP contribution in [0.3, 0.4) is 0 Å². The van der Waals surface area contributed by atoms with Gasteiger partial charge >= 0.3 is 5.97 Å². The normalized spacial score (nSPS) is 11.3. The Morgan fingerprint density at radius 2 is 2.31 bits per heavy atom. The lowest BCUT2D eigenvalue weighted by Gasteiger charge is -2.09. The Bertz CT molecular complexity index is 414.